The molecule has 1 unspecified atom stereocenters. The number of hydrogen-bond acceptors (Lipinski definition) is 4. The van der Waals surface area contributed by atoms with Crippen molar-refractivity contribution in [3.63, 3.8) is 0 Å². The number of carbonyl (C=O) groups is 1. The molecule has 94 valence electrons. The van der Waals surface area contributed by atoms with Crippen LogP contribution in [-0.2, 0) is 4.79 Å². The van der Waals surface area contributed by atoms with E-state index in [4.69, 9.17) is 10.5 Å². The molecule has 0 aliphatic carbocycles. The highest BCUT2D eigenvalue weighted by Crippen LogP contribution is 2.31. The van der Waals surface area contributed by atoms with E-state index in [-0.39, 0.29) is 11.9 Å². The molecule has 2 aromatic rings. The van der Waals surface area contributed by atoms with Crippen molar-refractivity contribution in [1.29, 1.82) is 0 Å². The summed E-state index contributed by atoms with van der Waals surface area (Å²) in [5, 5.41) is 2.80. The van der Waals surface area contributed by atoms with Gasteiger partial charge in [-0.15, -0.1) is 0 Å². The summed E-state index contributed by atoms with van der Waals surface area (Å²) >= 11 is 0. The third-order valence-corrected chi connectivity index (χ3v) is 3.25. The predicted octanol–water partition coefficient (Wildman–Crippen LogP) is 0.688. The molecule has 6 nitrogen and oxygen atoms in total. The lowest BCUT2D eigenvalue weighted by Crippen LogP contribution is -2.16. The van der Waals surface area contributed by atoms with E-state index < -0.39 is 0 Å². The van der Waals surface area contributed by atoms with E-state index in [0.717, 1.165) is 11.0 Å². The molecule has 1 fully saturated rings. The highest BCUT2D eigenvalue weighted by atomic mass is 16.5. The van der Waals surface area contributed by atoms with Gasteiger partial charge < -0.3 is 20.4 Å². The second-order valence-electron chi connectivity index (χ2n) is 4.33. The number of rotatable bonds is 2. The van der Waals surface area contributed by atoms with Gasteiger partial charge in [-0.25, -0.2) is 4.98 Å². The number of para-hydroxylation sites is 1. The number of ether oxygens (including phenoxy) is 1. The lowest BCUT2D eigenvalue weighted by molar-refractivity contribution is -0.119. The highest BCUT2D eigenvalue weighted by molar-refractivity contribution is 5.85. The first-order chi connectivity index (χ1) is 8.70. The molecule has 1 aromatic carbocycles. The lowest BCUT2D eigenvalue weighted by atomic mass is 10.2. The molecule has 1 aliphatic rings. The van der Waals surface area contributed by atoms with Crippen molar-refractivity contribution >= 4 is 22.9 Å². The summed E-state index contributed by atoms with van der Waals surface area (Å²) in [6, 6.07) is 5.69. The van der Waals surface area contributed by atoms with E-state index in [0.29, 0.717) is 24.7 Å². The quantitative estimate of drug-likeness (QED) is 0.816. The fraction of sp³-hybridized carbons (Fsp3) is 0.333. The minimum Gasteiger partial charge on any atom is -0.494 e. The maximum atomic E-state index is 11.3. The van der Waals surface area contributed by atoms with Gasteiger partial charge in [-0.1, -0.05) is 6.07 Å². The maximum Gasteiger partial charge on any atom is 0.222 e. The van der Waals surface area contributed by atoms with E-state index in [1.165, 1.54) is 0 Å². The van der Waals surface area contributed by atoms with Gasteiger partial charge in [-0.2, -0.15) is 0 Å². The normalized spacial score (nSPS) is 19.2. The van der Waals surface area contributed by atoms with Gasteiger partial charge in [0.1, 0.15) is 11.3 Å². The number of nitrogens with one attached hydrogen (secondary N) is 1. The van der Waals surface area contributed by atoms with Crippen molar-refractivity contribution in [3.8, 4) is 5.75 Å². The van der Waals surface area contributed by atoms with Crippen molar-refractivity contribution in [3.05, 3.63) is 18.2 Å². The molecule has 1 saturated heterocycles. The summed E-state index contributed by atoms with van der Waals surface area (Å²) in [5.41, 5.74) is 7.59. The summed E-state index contributed by atoms with van der Waals surface area (Å²) in [5.74, 6) is 1.15. The Labute approximate surface area is 104 Å². The zero-order chi connectivity index (χ0) is 12.7. The van der Waals surface area contributed by atoms with E-state index in [2.05, 4.69) is 10.3 Å². The van der Waals surface area contributed by atoms with Crippen LogP contribution in [0.4, 0.5) is 5.95 Å². The summed E-state index contributed by atoms with van der Waals surface area (Å²) in [6.45, 7) is 0.589. The number of aromatic nitrogens is 2. The Bertz CT molecular complexity index is 620. The SMILES string of the molecule is COc1cccc2c1nc(N)n2C1CNC(=O)C1. The van der Waals surface area contributed by atoms with Crippen LogP contribution in [0.5, 0.6) is 5.75 Å². The van der Waals surface area contributed by atoms with Crippen molar-refractivity contribution in [1.82, 2.24) is 14.9 Å². The third-order valence-electron chi connectivity index (χ3n) is 3.25. The number of hydrogen-bond donors (Lipinski definition) is 2. The Morgan fingerprint density at radius 2 is 2.39 bits per heavy atom. The molecule has 1 aromatic heterocycles. The van der Waals surface area contributed by atoms with Crippen molar-refractivity contribution in [2.24, 2.45) is 0 Å². The monoisotopic (exact) mass is 246 g/mol. The molecule has 0 radical (unpaired) electrons. The first-order valence-electron chi connectivity index (χ1n) is 5.78. The molecule has 3 N–H and O–H groups in total. The fourth-order valence-corrected chi connectivity index (χ4v) is 2.43. The molecule has 1 aliphatic heterocycles. The first-order valence-corrected chi connectivity index (χ1v) is 5.78. The van der Waals surface area contributed by atoms with E-state index in [1.807, 2.05) is 22.8 Å². The second-order valence-corrected chi connectivity index (χ2v) is 4.33. The van der Waals surface area contributed by atoms with E-state index in [1.54, 1.807) is 7.11 Å². The number of benzene rings is 1. The number of nitrogens with zero attached hydrogens (tertiary/aromatic N) is 2. The number of carbonyl (C=O) groups excluding carboxylic acids is 1. The van der Waals surface area contributed by atoms with Gasteiger partial charge >= 0.3 is 0 Å². The van der Waals surface area contributed by atoms with Crippen LogP contribution >= 0.6 is 0 Å². The van der Waals surface area contributed by atoms with Gasteiger partial charge in [0.15, 0.2) is 0 Å². The number of amides is 1. The minimum absolute atomic E-state index is 0.0228. The number of fused-ring (bicyclic) bond motifs is 1. The smallest absolute Gasteiger partial charge is 0.222 e. The number of nitrogen functional groups attached to an aromatic ring is 1. The Hall–Kier alpha value is -2.24. The molecule has 1 amide bonds. The number of methoxy groups -OCH3 is 1. The van der Waals surface area contributed by atoms with Gasteiger partial charge in [0.2, 0.25) is 11.9 Å². The molecule has 18 heavy (non-hydrogen) atoms. The molecule has 6 heteroatoms. The van der Waals surface area contributed by atoms with Gasteiger partial charge in [0.25, 0.3) is 0 Å². The maximum absolute atomic E-state index is 11.3. The summed E-state index contributed by atoms with van der Waals surface area (Å²) < 4.78 is 7.16. The Morgan fingerprint density at radius 1 is 1.56 bits per heavy atom. The molecular formula is C12H14N4O2. The number of nitrogens with two attached hydrogens (primary N) is 1. The van der Waals surface area contributed by atoms with E-state index >= 15 is 0 Å². The molecule has 3 rings (SSSR count). The Kier molecular flexibility index (Phi) is 2.36. The molecule has 2 heterocycles. The second kappa shape index (κ2) is 3.90. The van der Waals surface area contributed by atoms with Crippen LogP contribution in [0.3, 0.4) is 0 Å². The van der Waals surface area contributed by atoms with Gasteiger partial charge in [0.05, 0.1) is 18.7 Å². The van der Waals surface area contributed by atoms with Crippen LogP contribution in [0.2, 0.25) is 0 Å². The van der Waals surface area contributed by atoms with Crippen molar-refractivity contribution in [2.75, 3.05) is 19.4 Å². The summed E-state index contributed by atoms with van der Waals surface area (Å²) in [4.78, 5) is 15.6. The molecule has 1 atom stereocenters. The minimum atomic E-state index is 0.0228. The van der Waals surface area contributed by atoms with Crippen molar-refractivity contribution < 1.29 is 9.53 Å². The Balaban J connectivity index is 2.17. The third kappa shape index (κ3) is 1.49. The Morgan fingerprint density at radius 3 is 3.06 bits per heavy atom. The van der Waals surface area contributed by atoms with Crippen LogP contribution in [0, 0.1) is 0 Å². The zero-order valence-electron chi connectivity index (χ0n) is 10.0. The van der Waals surface area contributed by atoms with Gasteiger partial charge in [-0.05, 0) is 12.1 Å². The van der Waals surface area contributed by atoms with Crippen LogP contribution in [0.1, 0.15) is 12.5 Å². The van der Waals surface area contributed by atoms with Crippen molar-refractivity contribution in [2.45, 2.75) is 12.5 Å². The van der Waals surface area contributed by atoms with Crippen LogP contribution in [-0.4, -0.2) is 29.1 Å². The predicted molar refractivity (Wildman–Crippen MR) is 67.4 cm³/mol. The summed E-state index contributed by atoms with van der Waals surface area (Å²) in [6.07, 6.45) is 0.437. The average Bonchev–Trinajstić information content (AvgIpc) is 2.91. The topological polar surface area (TPSA) is 82.2 Å². The fourth-order valence-electron chi connectivity index (χ4n) is 2.43. The largest absolute Gasteiger partial charge is 0.494 e. The summed E-state index contributed by atoms with van der Waals surface area (Å²) in [7, 11) is 1.60. The van der Waals surface area contributed by atoms with Gasteiger partial charge in [0, 0.05) is 13.0 Å². The molecule has 0 bridgehead atoms. The standard InChI is InChI=1S/C12H14N4O2/c1-18-9-4-2-3-8-11(9)15-12(13)16(8)7-5-10(17)14-6-7/h2-4,7H,5-6H2,1H3,(H2,13,15)(H,14,17). The molecule has 0 saturated carbocycles. The number of imidazole rings is 1. The molecular weight excluding hydrogens is 232 g/mol. The van der Waals surface area contributed by atoms with Gasteiger partial charge in [-0.3, -0.25) is 4.79 Å². The first kappa shape index (κ1) is 10.9. The number of anilines is 1. The lowest BCUT2D eigenvalue weighted by Gasteiger charge is -2.12. The highest BCUT2D eigenvalue weighted by Gasteiger charge is 2.26. The van der Waals surface area contributed by atoms with Crippen LogP contribution in [0.25, 0.3) is 11.0 Å². The molecule has 0 spiro atoms. The van der Waals surface area contributed by atoms with E-state index in [9.17, 15) is 4.79 Å². The average molecular weight is 246 g/mol. The van der Waals surface area contributed by atoms with Crippen LogP contribution < -0.4 is 15.8 Å². The van der Waals surface area contributed by atoms with Crippen LogP contribution in [0.15, 0.2) is 18.2 Å². The zero-order valence-corrected chi connectivity index (χ0v) is 10.0.